The van der Waals surface area contributed by atoms with Gasteiger partial charge in [0.25, 0.3) is 0 Å². The Kier molecular flexibility index (Phi) is 2.53. The summed E-state index contributed by atoms with van der Waals surface area (Å²) in [4.78, 5) is 7.07. The number of piperazine rings is 1. The average molecular weight is 233 g/mol. The van der Waals surface area contributed by atoms with Crippen LogP contribution in [0.5, 0.6) is 0 Å². The minimum atomic E-state index is 0.556. The third-order valence-electron chi connectivity index (χ3n) is 2.92. The molecule has 1 aliphatic rings. The molecule has 0 saturated carbocycles. The number of fused-ring (bicyclic) bond motifs is 1. The second kappa shape index (κ2) is 4.03. The third-order valence-corrected chi connectivity index (χ3v) is 4.02. The molecule has 1 aliphatic heterocycles. The Bertz CT molecular complexity index is 461. The molecule has 1 saturated heterocycles. The SMILES string of the molecule is CC1CN(c2nc3ccccc3s2)CCN1. The van der Waals surface area contributed by atoms with Gasteiger partial charge in [-0.1, -0.05) is 23.5 Å². The molecule has 4 heteroatoms. The van der Waals surface area contributed by atoms with Gasteiger partial charge in [0.2, 0.25) is 0 Å². The number of hydrogen-bond acceptors (Lipinski definition) is 4. The zero-order chi connectivity index (χ0) is 11.0. The van der Waals surface area contributed by atoms with Gasteiger partial charge in [-0.15, -0.1) is 0 Å². The number of para-hydroxylation sites is 1. The fourth-order valence-electron chi connectivity index (χ4n) is 2.10. The molecule has 2 aromatic rings. The summed E-state index contributed by atoms with van der Waals surface area (Å²) in [5.41, 5.74) is 1.12. The number of thiazole rings is 1. The molecule has 84 valence electrons. The van der Waals surface area contributed by atoms with Crippen LogP contribution in [0.2, 0.25) is 0 Å². The normalized spacial score (nSPS) is 21.6. The summed E-state index contributed by atoms with van der Waals surface area (Å²) >= 11 is 1.79. The van der Waals surface area contributed by atoms with Crippen molar-refractivity contribution < 1.29 is 0 Å². The molecule has 2 heterocycles. The number of nitrogens with one attached hydrogen (secondary N) is 1. The molecule has 16 heavy (non-hydrogen) atoms. The Morgan fingerprint density at radius 1 is 1.44 bits per heavy atom. The molecular formula is C12H15N3S. The first kappa shape index (κ1) is 10.1. The number of anilines is 1. The molecule has 1 fully saturated rings. The van der Waals surface area contributed by atoms with E-state index < -0.39 is 0 Å². The fourth-order valence-corrected chi connectivity index (χ4v) is 3.10. The van der Waals surface area contributed by atoms with Crippen LogP contribution in [0, 0.1) is 0 Å². The molecule has 1 aromatic carbocycles. The van der Waals surface area contributed by atoms with Crippen molar-refractivity contribution in [3.63, 3.8) is 0 Å². The Labute approximate surface area is 99.1 Å². The predicted molar refractivity (Wildman–Crippen MR) is 69.3 cm³/mol. The Balaban J connectivity index is 1.93. The monoisotopic (exact) mass is 233 g/mol. The van der Waals surface area contributed by atoms with E-state index in [0.717, 1.165) is 30.3 Å². The average Bonchev–Trinajstić information content (AvgIpc) is 2.72. The summed E-state index contributed by atoms with van der Waals surface area (Å²) in [7, 11) is 0. The highest BCUT2D eigenvalue weighted by Gasteiger charge is 2.18. The van der Waals surface area contributed by atoms with Gasteiger partial charge in [-0.3, -0.25) is 0 Å². The van der Waals surface area contributed by atoms with Crippen LogP contribution in [-0.4, -0.2) is 30.7 Å². The topological polar surface area (TPSA) is 28.2 Å². The minimum Gasteiger partial charge on any atom is -0.345 e. The fraction of sp³-hybridized carbons (Fsp3) is 0.417. The lowest BCUT2D eigenvalue weighted by Gasteiger charge is -2.31. The molecular weight excluding hydrogens is 218 g/mol. The van der Waals surface area contributed by atoms with Crippen molar-refractivity contribution in [2.24, 2.45) is 0 Å². The summed E-state index contributed by atoms with van der Waals surface area (Å²) in [6, 6.07) is 8.90. The molecule has 1 atom stereocenters. The number of nitrogens with zero attached hydrogens (tertiary/aromatic N) is 2. The minimum absolute atomic E-state index is 0.556. The van der Waals surface area contributed by atoms with E-state index in [0.29, 0.717) is 6.04 Å². The second-order valence-electron chi connectivity index (χ2n) is 4.27. The van der Waals surface area contributed by atoms with Crippen LogP contribution in [0.25, 0.3) is 10.2 Å². The summed E-state index contributed by atoms with van der Waals surface area (Å²) in [6.07, 6.45) is 0. The van der Waals surface area contributed by atoms with Gasteiger partial charge >= 0.3 is 0 Å². The van der Waals surface area contributed by atoms with E-state index in [9.17, 15) is 0 Å². The van der Waals surface area contributed by atoms with E-state index in [4.69, 9.17) is 0 Å². The van der Waals surface area contributed by atoms with Gasteiger partial charge in [0.05, 0.1) is 10.2 Å². The number of rotatable bonds is 1. The maximum absolute atomic E-state index is 4.69. The molecule has 0 radical (unpaired) electrons. The molecule has 0 bridgehead atoms. The van der Waals surface area contributed by atoms with Crippen LogP contribution in [0.1, 0.15) is 6.92 Å². The van der Waals surface area contributed by atoms with Crippen LogP contribution in [-0.2, 0) is 0 Å². The van der Waals surface area contributed by atoms with Gasteiger partial charge in [0, 0.05) is 25.7 Å². The van der Waals surface area contributed by atoms with Crippen molar-refractivity contribution in [3.8, 4) is 0 Å². The molecule has 0 spiro atoms. The highest BCUT2D eigenvalue weighted by atomic mass is 32.1. The van der Waals surface area contributed by atoms with Gasteiger partial charge < -0.3 is 10.2 Å². The van der Waals surface area contributed by atoms with Crippen molar-refractivity contribution in [2.75, 3.05) is 24.5 Å². The highest BCUT2D eigenvalue weighted by Crippen LogP contribution is 2.28. The van der Waals surface area contributed by atoms with Crippen molar-refractivity contribution in [1.29, 1.82) is 0 Å². The lowest BCUT2D eigenvalue weighted by molar-refractivity contribution is 0.484. The van der Waals surface area contributed by atoms with E-state index in [2.05, 4.69) is 40.3 Å². The predicted octanol–water partition coefficient (Wildman–Crippen LogP) is 2.09. The van der Waals surface area contributed by atoms with Gasteiger partial charge in [0.1, 0.15) is 0 Å². The van der Waals surface area contributed by atoms with E-state index in [1.165, 1.54) is 4.70 Å². The van der Waals surface area contributed by atoms with Crippen LogP contribution in [0.3, 0.4) is 0 Å². The molecule has 1 unspecified atom stereocenters. The van der Waals surface area contributed by atoms with Gasteiger partial charge in [-0.25, -0.2) is 4.98 Å². The maximum Gasteiger partial charge on any atom is 0.186 e. The Morgan fingerprint density at radius 3 is 3.12 bits per heavy atom. The van der Waals surface area contributed by atoms with E-state index >= 15 is 0 Å². The summed E-state index contributed by atoms with van der Waals surface area (Å²) in [5, 5.41) is 4.61. The van der Waals surface area contributed by atoms with E-state index in [1.807, 2.05) is 6.07 Å². The van der Waals surface area contributed by atoms with E-state index in [1.54, 1.807) is 11.3 Å². The zero-order valence-electron chi connectivity index (χ0n) is 9.31. The second-order valence-corrected chi connectivity index (χ2v) is 5.27. The number of hydrogen-bond donors (Lipinski definition) is 1. The van der Waals surface area contributed by atoms with Crippen molar-refractivity contribution in [2.45, 2.75) is 13.0 Å². The van der Waals surface area contributed by atoms with Crippen LogP contribution >= 0.6 is 11.3 Å². The maximum atomic E-state index is 4.69. The first-order chi connectivity index (χ1) is 7.83. The highest BCUT2D eigenvalue weighted by molar-refractivity contribution is 7.22. The van der Waals surface area contributed by atoms with E-state index in [-0.39, 0.29) is 0 Å². The van der Waals surface area contributed by atoms with Crippen molar-refractivity contribution in [3.05, 3.63) is 24.3 Å². The van der Waals surface area contributed by atoms with Crippen molar-refractivity contribution in [1.82, 2.24) is 10.3 Å². The van der Waals surface area contributed by atoms with Crippen LogP contribution in [0.15, 0.2) is 24.3 Å². The zero-order valence-corrected chi connectivity index (χ0v) is 10.1. The summed E-state index contributed by atoms with van der Waals surface area (Å²) in [5.74, 6) is 0. The largest absolute Gasteiger partial charge is 0.345 e. The quantitative estimate of drug-likeness (QED) is 0.817. The van der Waals surface area contributed by atoms with Gasteiger partial charge in [0.15, 0.2) is 5.13 Å². The number of aromatic nitrogens is 1. The Morgan fingerprint density at radius 2 is 2.31 bits per heavy atom. The third kappa shape index (κ3) is 1.79. The molecule has 3 nitrogen and oxygen atoms in total. The summed E-state index contributed by atoms with van der Waals surface area (Å²) < 4.78 is 1.28. The first-order valence-electron chi connectivity index (χ1n) is 5.67. The molecule has 1 N–H and O–H groups in total. The van der Waals surface area contributed by atoms with Crippen molar-refractivity contribution >= 4 is 26.7 Å². The lowest BCUT2D eigenvalue weighted by Crippen LogP contribution is -2.49. The van der Waals surface area contributed by atoms with Gasteiger partial charge in [-0.05, 0) is 19.1 Å². The molecule has 0 amide bonds. The first-order valence-corrected chi connectivity index (χ1v) is 6.48. The number of benzene rings is 1. The molecule has 3 rings (SSSR count). The smallest absolute Gasteiger partial charge is 0.186 e. The summed E-state index contributed by atoms with van der Waals surface area (Å²) in [6.45, 7) is 5.39. The van der Waals surface area contributed by atoms with Crippen LogP contribution < -0.4 is 10.2 Å². The van der Waals surface area contributed by atoms with Gasteiger partial charge in [-0.2, -0.15) is 0 Å². The van der Waals surface area contributed by atoms with Crippen LogP contribution in [0.4, 0.5) is 5.13 Å². The lowest BCUT2D eigenvalue weighted by atomic mass is 10.2. The molecule has 0 aliphatic carbocycles. The molecule has 1 aromatic heterocycles. The standard InChI is InChI=1S/C12H15N3S/c1-9-8-15(7-6-13-9)12-14-10-4-2-3-5-11(10)16-12/h2-5,9,13H,6-8H2,1H3. The Hall–Kier alpha value is -1.13.